The van der Waals surface area contributed by atoms with Gasteiger partial charge in [0.2, 0.25) is 5.91 Å². The van der Waals surface area contributed by atoms with E-state index in [1.165, 1.54) is 6.33 Å². The molecule has 82 valence electrons. The largest absolute Gasteiger partial charge is 0.348 e. The van der Waals surface area contributed by atoms with Gasteiger partial charge in [-0.2, -0.15) is 5.10 Å². The zero-order valence-electron chi connectivity index (χ0n) is 8.71. The van der Waals surface area contributed by atoms with Crippen molar-refractivity contribution in [3.8, 4) is 0 Å². The summed E-state index contributed by atoms with van der Waals surface area (Å²) in [5.41, 5.74) is -0.278. The summed E-state index contributed by atoms with van der Waals surface area (Å²) in [6.07, 6.45) is 2.32. The van der Waals surface area contributed by atoms with Gasteiger partial charge in [0.15, 0.2) is 0 Å². The highest BCUT2D eigenvalue weighted by Crippen LogP contribution is 2.24. The molecule has 6 heteroatoms. The number of nitrogens with zero attached hydrogens (tertiary/aromatic N) is 2. The molecule has 0 spiro atoms. The van der Waals surface area contributed by atoms with Gasteiger partial charge < -0.3 is 10.6 Å². The first-order valence-corrected chi connectivity index (χ1v) is 5.04. The predicted molar refractivity (Wildman–Crippen MR) is 53.8 cm³/mol. The minimum absolute atomic E-state index is 0.0731. The number of aromatic nitrogens is 3. The van der Waals surface area contributed by atoms with Crippen molar-refractivity contribution in [2.45, 2.75) is 19.9 Å². The summed E-state index contributed by atoms with van der Waals surface area (Å²) < 4.78 is 0. The van der Waals surface area contributed by atoms with Gasteiger partial charge in [0.05, 0.1) is 12.0 Å². The van der Waals surface area contributed by atoms with Gasteiger partial charge >= 0.3 is 0 Å². The van der Waals surface area contributed by atoms with E-state index in [1.807, 2.05) is 6.92 Å². The van der Waals surface area contributed by atoms with E-state index >= 15 is 0 Å². The van der Waals surface area contributed by atoms with E-state index in [0.29, 0.717) is 12.4 Å². The maximum atomic E-state index is 11.8. The highest BCUT2D eigenvalue weighted by Gasteiger charge is 2.35. The van der Waals surface area contributed by atoms with Gasteiger partial charge in [-0.1, -0.05) is 0 Å². The molecule has 1 saturated heterocycles. The van der Waals surface area contributed by atoms with Crippen LogP contribution in [0.15, 0.2) is 6.33 Å². The molecule has 3 N–H and O–H groups in total. The van der Waals surface area contributed by atoms with Crippen LogP contribution < -0.4 is 10.6 Å². The highest BCUT2D eigenvalue weighted by molar-refractivity contribution is 5.82. The van der Waals surface area contributed by atoms with Crippen molar-refractivity contribution in [1.82, 2.24) is 25.8 Å². The fourth-order valence-electron chi connectivity index (χ4n) is 1.70. The van der Waals surface area contributed by atoms with Crippen LogP contribution in [0, 0.1) is 5.41 Å². The van der Waals surface area contributed by atoms with Gasteiger partial charge in [-0.05, 0) is 19.9 Å². The molecule has 0 aliphatic carbocycles. The minimum atomic E-state index is -0.278. The summed E-state index contributed by atoms with van der Waals surface area (Å²) in [4.78, 5) is 15.8. The fourth-order valence-corrected chi connectivity index (χ4v) is 1.70. The molecule has 0 bridgehead atoms. The van der Waals surface area contributed by atoms with E-state index in [-0.39, 0.29) is 11.3 Å². The number of carbonyl (C=O) groups excluding carboxylic acids is 1. The maximum absolute atomic E-state index is 11.8. The zero-order valence-corrected chi connectivity index (χ0v) is 8.71. The van der Waals surface area contributed by atoms with Crippen molar-refractivity contribution in [3.05, 3.63) is 12.2 Å². The van der Waals surface area contributed by atoms with Crippen molar-refractivity contribution in [1.29, 1.82) is 0 Å². The third kappa shape index (κ3) is 2.15. The van der Waals surface area contributed by atoms with Crippen molar-refractivity contribution < 1.29 is 4.79 Å². The van der Waals surface area contributed by atoms with Gasteiger partial charge in [-0.15, -0.1) is 0 Å². The van der Waals surface area contributed by atoms with E-state index < -0.39 is 0 Å². The fraction of sp³-hybridized carbons (Fsp3) is 0.667. The van der Waals surface area contributed by atoms with Crippen LogP contribution in [0.5, 0.6) is 0 Å². The second-order valence-electron chi connectivity index (χ2n) is 4.10. The monoisotopic (exact) mass is 209 g/mol. The summed E-state index contributed by atoms with van der Waals surface area (Å²) in [5.74, 6) is 0.752. The molecule has 15 heavy (non-hydrogen) atoms. The smallest absolute Gasteiger partial charge is 0.227 e. The first-order valence-electron chi connectivity index (χ1n) is 5.04. The molecule has 1 aliphatic rings. The van der Waals surface area contributed by atoms with Crippen molar-refractivity contribution in [2.24, 2.45) is 5.41 Å². The maximum Gasteiger partial charge on any atom is 0.227 e. The van der Waals surface area contributed by atoms with Crippen LogP contribution >= 0.6 is 0 Å². The molecule has 0 saturated carbocycles. The summed E-state index contributed by atoms with van der Waals surface area (Å²) in [6.45, 7) is 4.04. The third-order valence-electron chi connectivity index (χ3n) is 2.80. The van der Waals surface area contributed by atoms with Gasteiger partial charge in [0.1, 0.15) is 12.2 Å². The van der Waals surface area contributed by atoms with E-state index in [9.17, 15) is 4.79 Å². The second kappa shape index (κ2) is 3.98. The minimum Gasteiger partial charge on any atom is -0.348 e. The van der Waals surface area contributed by atoms with Crippen molar-refractivity contribution in [2.75, 3.05) is 13.1 Å². The van der Waals surface area contributed by atoms with E-state index in [1.54, 1.807) is 0 Å². The molecule has 0 aromatic carbocycles. The van der Waals surface area contributed by atoms with Gasteiger partial charge in [-0.3, -0.25) is 9.89 Å². The Balaban J connectivity index is 1.87. The number of nitrogens with one attached hydrogen (secondary N) is 3. The number of aromatic amines is 1. The molecule has 1 atom stereocenters. The molecular formula is C9H15N5O. The lowest BCUT2D eigenvalue weighted by molar-refractivity contribution is -0.129. The first-order chi connectivity index (χ1) is 7.21. The van der Waals surface area contributed by atoms with Crippen LogP contribution in [-0.4, -0.2) is 34.2 Å². The zero-order chi connectivity index (χ0) is 10.7. The Hall–Kier alpha value is -1.43. The third-order valence-corrected chi connectivity index (χ3v) is 2.80. The SMILES string of the molecule is CC1(C(=O)NCc2ncn[nH]2)CCNC1. The molecule has 1 amide bonds. The number of carbonyl (C=O) groups is 1. The van der Waals surface area contributed by atoms with Gasteiger partial charge in [0.25, 0.3) is 0 Å². The second-order valence-corrected chi connectivity index (χ2v) is 4.10. The van der Waals surface area contributed by atoms with Crippen molar-refractivity contribution >= 4 is 5.91 Å². The Labute approximate surface area is 87.9 Å². The number of hydrogen-bond acceptors (Lipinski definition) is 4. The Morgan fingerprint density at radius 1 is 1.73 bits per heavy atom. The average Bonchev–Trinajstić information content (AvgIpc) is 2.85. The quantitative estimate of drug-likeness (QED) is 0.622. The standard InChI is InChI=1S/C9H15N5O/c1-9(2-3-10-5-9)8(15)11-4-7-12-6-13-14-7/h6,10H,2-5H2,1H3,(H,11,15)(H,12,13,14). The number of hydrogen-bond donors (Lipinski definition) is 3. The Morgan fingerprint density at radius 2 is 2.60 bits per heavy atom. The normalized spacial score (nSPS) is 25.4. The molecule has 2 rings (SSSR count). The predicted octanol–water partition coefficient (Wildman–Crippen LogP) is -0.579. The average molecular weight is 209 g/mol. The topological polar surface area (TPSA) is 82.7 Å². The Kier molecular flexibility index (Phi) is 2.68. The van der Waals surface area contributed by atoms with Gasteiger partial charge in [0, 0.05) is 6.54 Å². The summed E-state index contributed by atoms with van der Waals surface area (Å²) in [7, 11) is 0. The number of H-pyrrole nitrogens is 1. The molecule has 6 nitrogen and oxygen atoms in total. The van der Waals surface area contributed by atoms with Crippen LogP contribution in [0.25, 0.3) is 0 Å². The van der Waals surface area contributed by atoms with Crippen LogP contribution in [0.2, 0.25) is 0 Å². The number of rotatable bonds is 3. The van der Waals surface area contributed by atoms with Crippen LogP contribution in [0.4, 0.5) is 0 Å². The molecule has 1 unspecified atom stereocenters. The van der Waals surface area contributed by atoms with Crippen LogP contribution in [-0.2, 0) is 11.3 Å². The lowest BCUT2D eigenvalue weighted by Crippen LogP contribution is -2.40. The Bertz CT molecular complexity index is 328. The first kappa shape index (κ1) is 10.1. The van der Waals surface area contributed by atoms with Gasteiger partial charge in [-0.25, -0.2) is 4.98 Å². The summed E-state index contributed by atoms with van der Waals surface area (Å²) in [5, 5.41) is 12.5. The summed E-state index contributed by atoms with van der Waals surface area (Å²) >= 11 is 0. The molecule has 0 radical (unpaired) electrons. The highest BCUT2D eigenvalue weighted by atomic mass is 16.2. The molecule has 1 aromatic heterocycles. The molecule has 1 aromatic rings. The molecule has 1 aliphatic heterocycles. The van der Waals surface area contributed by atoms with Crippen LogP contribution in [0.1, 0.15) is 19.2 Å². The van der Waals surface area contributed by atoms with E-state index in [2.05, 4.69) is 25.8 Å². The Morgan fingerprint density at radius 3 is 3.20 bits per heavy atom. The van der Waals surface area contributed by atoms with E-state index in [0.717, 1.165) is 19.5 Å². The lowest BCUT2D eigenvalue weighted by Gasteiger charge is -2.20. The lowest BCUT2D eigenvalue weighted by atomic mass is 9.89. The van der Waals surface area contributed by atoms with Crippen LogP contribution in [0.3, 0.4) is 0 Å². The number of amides is 1. The molecule has 1 fully saturated rings. The van der Waals surface area contributed by atoms with Crippen molar-refractivity contribution in [3.63, 3.8) is 0 Å². The molecular weight excluding hydrogens is 194 g/mol. The molecule has 2 heterocycles. The summed E-state index contributed by atoms with van der Waals surface area (Å²) in [6, 6.07) is 0. The van der Waals surface area contributed by atoms with E-state index in [4.69, 9.17) is 0 Å².